The molecule has 4 aromatic rings. The Morgan fingerprint density at radius 1 is 1.08 bits per heavy atom. The van der Waals surface area contributed by atoms with Crippen LogP contribution >= 0.6 is 0 Å². The molecule has 1 amide bonds. The minimum Gasteiger partial charge on any atom is -0.403 e. The topological polar surface area (TPSA) is 92.2 Å². The smallest absolute Gasteiger partial charge is 0.403 e. The second-order valence-electron chi connectivity index (χ2n) is 9.29. The van der Waals surface area contributed by atoms with Gasteiger partial charge in [0.1, 0.15) is 12.0 Å². The van der Waals surface area contributed by atoms with Crippen LogP contribution < -0.4 is 4.74 Å². The summed E-state index contributed by atoms with van der Waals surface area (Å²) >= 11 is 0. The van der Waals surface area contributed by atoms with Crippen molar-refractivity contribution in [1.82, 2.24) is 34.5 Å². The van der Waals surface area contributed by atoms with E-state index in [1.807, 2.05) is 23.1 Å². The van der Waals surface area contributed by atoms with Gasteiger partial charge in [0.2, 0.25) is 0 Å². The lowest BCUT2D eigenvalue weighted by atomic mass is 9.85. The van der Waals surface area contributed by atoms with E-state index in [0.717, 1.165) is 47.3 Å². The fraction of sp³-hybridized carbons (Fsp3) is 0.320. The van der Waals surface area contributed by atoms with E-state index in [4.69, 9.17) is 0 Å². The number of alkyl halides is 3. The summed E-state index contributed by atoms with van der Waals surface area (Å²) in [5, 5.41) is 5.45. The molecular formula is C25H22F4N7O2. The van der Waals surface area contributed by atoms with Crippen LogP contribution in [0.4, 0.5) is 17.6 Å². The molecule has 4 heterocycles. The maximum absolute atomic E-state index is 13.7. The molecule has 1 saturated carbocycles. The number of ether oxygens (including phenoxy) is 1. The van der Waals surface area contributed by atoms with Crippen molar-refractivity contribution in [2.75, 3.05) is 26.2 Å². The number of nitrogens with zero attached hydrogens (tertiary/aromatic N) is 6. The van der Waals surface area contributed by atoms with Crippen LogP contribution in [0.5, 0.6) is 5.75 Å². The number of halogens is 4. The number of amides is 1. The van der Waals surface area contributed by atoms with Crippen molar-refractivity contribution in [3.8, 4) is 17.0 Å². The van der Waals surface area contributed by atoms with Gasteiger partial charge in [-0.3, -0.25) is 14.4 Å². The van der Waals surface area contributed by atoms with Crippen LogP contribution in [0.2, 0.25) is 0 Å². The highest BCUT2D eigenvalue weighted by Gasteiger charge is 2.38. The molecule has 0 bridgehead atoms. The molecule has 1 aliphatic carbocycles. The number of aromatic nitrogens is 5. The summed E-state index contributed by atoms with van der Waals surface area (Å²) < 4.78 is 56.9. The molecule has 1 radical (unpaired) electrons. The molecule has 2 aliphatic rings. The first-order chi connectivity index (χ1) is 18.2. The van der Waals surface area contributed by atoms with Crippen molar-refractivity contribution < 1.29 is 27.1 Å². The quantitative estimate of drug-likeness (QED) is 0.396. The van der Waals surface area contributed by atoms with Crippen LogP contribution in [-0.4, -0.2) is 79.0 Å². The van der Waals surface area contributed by atoms with Gasteiger partial charge in [-0.05, 0) is 37.1 Å². The fourth-order valence-corrected chi connectivity index (χ4v) is 4.96. The van der Waals surface area contributed by atoms with E-state index in [-0.39, 0.29) is 5.56 Å². The predicted molar refractivity (Wildman–Crippen MR) is 127 cm³/mol. The Morgan fingerprint density at radius 3 is 2.63 bits per heavy atom. The van der Waals surface area contributed by atoms with Crippen LogP contribution in [0.15, 0.2) is 49.2 Å². The number of nitrogens with one attached hydrogen (secondary N) is 1. The number of rotatable bonds is 5. The first-order valence-electron chi connectivity index (χ1n) is 12.0. The van der Waals surface area contributed by atoms with Gasteiger partial charge in [0, 0.05) is 61.1 Å². The number of hydrogen-bond donors (Lipinski definition) is 1. The number of H-pyrrole nitrogens is 1. The Balaban J connectivity index is 1.03. The minimum atomic E-state index is -5.05. The molecule has 0 unspecified atom stereocenters. The summed E-state index contributed by atoms with van der Waals surface area (Å²) in [5.41, 5.74) is 2.45. The predicted octanol–water partition coefficient (Wildman–Crippen LogP) is 3.86. The Kier molecular flexibility index (Phi) is 6.01. The third kappa shape index (κ3) is 4.69. The standard InChI is InChI=1S/C25H22F4N7O2/c26-20-2-1-15(9-21(20)38-25(27,28)29)24(37)35-7-5-34(6-8-35)17-10-18(11-17)36-13-16(12-33-36)22-19-3-4-30-23(19)32-14-31-22/h1-4,9,12-14,17H,5-8,10-11H2,(H,30,31,32). The first-order valence-corrected chi connectivity index (χ1v) is 12.0. The van der Waals surface area contributed by atoms with Crippen molar-refractivity contribution in [2.45, 2.75) is 25.2 Å². The van der Waals surface area contributed by atoms with Crippen LogP contribution in [0.3, 0.4) is 0 Å². The van der Waals surface area contributed by atoms with Crippen LogP contribution in [-0.2, 0) is 0 Å². The summed E-state index contributed by atoms with van der Waals surface area (Å²) in [7, 11) is 0. The zero-order valence-corrected chi connectivity index (χ0v) is 20.0. The summed E-state index contributed by atoms with van der Waals surface area (Å²) in [4.78, 5) is 28.4. The Morgan fingerprint density at radius 2 is 1.87 bits per heavy atom. The monoisotopic (exact) mass is 528 g/mol. The number of carbonyl (C=O) groups excluding carboxylic acids is 1. The van der Waals surface area contributed by atoms with Gasteiger partial charge in [-0.15, -0.1) is 13.2 Å². The van der Waals surface area contributed by atoms with Gasteiger partial charge in [0.25, 0.3) is 5.91 Å². The van der Waals surface area contributed by atoms with E-state index in [1.165, 1.54) is 18.4 Å². The van der Waals surface area contributed by atoms with E-state index in [1.54, 1.807) is 11.1 Å². The molecule has 1 N–H and O–H groups in total. The summed E-state index contributed by atoms with van der Waals surface area (Å²) in [5.74, 6) is -2.65. The van der Waals surface area contributed by atoms with Crippen molar-refractivity contribution >= 4 is 16.9 Å². The van der Waals surface area contributed by atoms with E-state index in [9.17, 15) is 22.4 Å². The number of fused-ring (bicyclic) bond motifs is 1. The van der Waals surface area contributed by atoms with Crippen molar-refractivity contribution in [3.05, 3.63) is 66.6 Å². The molecule has 1 aliphatic heterocycles. The zero-order chi connectivity index (χ0) is 26.4. The maximum Gasteiger partial charge on any atom is 0.573 e. The van der Waals surface area contributed by atoms with Gasteiger partial charge < -0.3 is 14.6 Å². The highest BCUT2D eigenvalue weighted by molar-refractivity contribution is 5.94. The lowest BCUT2D eigenvalue weighted by molar-refractivity contribution is -0.275. The van der Waals surface area contributed by atoms with Gasteiger partial charge in [0.15, 0.2) is 11.6 Å². The zero-order valence-electron chi connectivity index (χ0n) is 20.0. The average molecular weight is 528 g/mol. The number of benzene rings is 1. The van der Waals surface area contributed by atoms with Crippen molar-refractivity contribution in [3.63, 3.8) is 0 Å². The van der Waals surface area contributed by atoms with Gasteiger partial charge >= 0.3 is 6.36 Å². The van der Waals surface area contributed by atoms with Gasteiger partial charge in [-0.1, -0.05) is 0 Å². The van der Waals surface area contributed by atoms with Crippen LogP contribution in [0.1, 0.15) is 23.2 Å². The lowest BCUT2D eigenvalue weighted by Gasteiger charge is -2.45. The van der Waals surface area contributed by atoms with E-state index in [0.29, 0.717) is 32.2 Å². The number of piperazine rings is 1. The maximum atomic E-state index is 13.7. The molecule has 197 valence electrons. The molecule has 3 aromatic heterocycles. The van der Waals surface area contributed by atoms with E-state index < -0.39 is 23.8 Å². The fourth-order valence-electron chi connectivity index (χ4n) is 4.96. The largest absolute Gasteiger partial charge is 0.573 e. The molecule has 0 atom stereocenters. The molecule has 1 saturated heterocycles. The first kappa shape index (κ1) is 24.3. The molecule has 13 heteroatoms. The molecule has 0 spiro atoms. The summed E-state index contributed by atoms with van der Waals surface area (Å²) in [6.45, 7) is 2.11. The Labute approximate surface area is 214 Å². The molecule has 9 nitrogen and oxygen atoms in total. The number of carbonyl (C=O) groups is 1. The lowest BCUT2D eigenvalue weighted by Crippen LogP contribution is -2.55. The van der Waals surface area contributed by atoms with E-state index >= 15 is 0 Å². The van der Waals surface area contributed by atoms with Crippen molar-refractivity contribution in [1.29, 1.82) is 0 Å². The number of hydrogen-bond acceptors (Lipinski definition) is 6. The average Bonchev–Trinajstić information content (AvgIpc) is 3.54. The Bertz CT molecular complexity index is 1470. The second-order valence-corrected chi connectivity index (χ2v) is 9.29. The van der Waals surface area contributed by atoms with Crippen LogP contribution in [0, 0.1) is 11.9 Å². The molecule has 6 rings (SSSR count). The third-order valence-electron chi connectivity index (χ3n) is 7.00. The van der Waals surface area contributed by atoms with Gasteiger partial charge in [-0.2, -0.15) is 5.10 Å². The summed E-state index contributed by atoms with van der Waals surface area (Å²) in [6, 6.07) is 6.21. The summed E-state index contributed by atoms with van der Waals surface area (Å²) in [6.07, 6.45) is 3.74. The van der Waals surface area contributed by atoms with Gasteiger partial charge in [0.05, 0.1) is 17.9 Å². The Hall–Kier alpha value is -4.00. The molecule has 38 heavy (non-hydrogen) atoms. The highest BCUT2D eigenvalue weighted by atomic mass is 19.4. The third-order valence-corrected chi connectivity index (χ3v) is 7.00. The van der Waals surface area contributed by atoms with Crippen molar-refractivity contribution in [2.24, 2.45) is 0 Å². The highest BCUT2D eigenvalue weighted by Crippen LogP contribution is 2.36. The minimum absolute atomic E-state index is 0.0477. The van der Waals surface area contributed by atoms with E-state index in [2.05, 4.69) is 29.7 Å². The molecule has 1 aromatic carbocycles. The normalized spacial score (nSPS) is 17.6. The molecule has 2 fully saturated rings. The number of aromatic amines is 1. The van der Waals surface area contributed by atoms with Gasteiger partial charge in [-0.25, -0.2) is 14.4 Å². The molecular weight excluding hydrogens is 506 g/mol. The van der Waals surface area contributed by atoms with Crippen LogP contribution in [0.25, 0.3) is 22.3 Å². The SMILES string of the molecule is O=C(c1ccc(F)c(OC(F)(F)F)c1)N1CCN(C2C[C](n3cc(-c4ncnc5[nH]ccc45)cn3)C2)CC1. The second kappa shape index (κ2) is 9.39.